The molecule has 0 N–H and O–H groups in total. The maximum absolute atomic E-state index is 2.51. The van der Waals surface area contributed by atoms with Gasteiger partial charge in [-0.25, -0.2) is 0 Å². The summed E-state index contributed by atoms with van der Waals surface area (Å²) in [6.07, 6.45) is 0. The van der Waals surface area contributed by atoms with Crippen molar-refractivity contribution in [3.05, 3.63) is 230 Å². The van der Waals surface area contributed by atoms with Crippen LogP contribution in [0, 0.1) is 13.8 Å². The van der Waals surface area contributed by atoms with Crippen molar-refractivity contribution in [2.75, 3.05) is 4.90 Å². The van der Waals surface area contributed by atoms with Crippen LogP contribution >= 0.6 is 0 Å². The number of benzene rings is 9. The van der Waals surface area contributed by atoms with Crippen LogP contribution in [0.5, 0.6) is 0 Å². The van der Waals surface area contributed by atoms with Gasteiger partial charge in [-0.05, 0) is 89.7 Å². The predicted molar refractivity (Wildman–Crippen MR) is 247 cm³/mol. The first kappa shape index (κ1) is 35.0. The summed E-state index contributed by atoms with van der Waals surface area (Å²) in [4.78, 5) is 2.39. The third-order valence-corrected chi connectivity index (χ3v) is 11.3. The summed E-state index contributed by atoms with van der Waals surface area (Å²) < 4.78 is 2.51. The largest absolute Gasteiger partial charge is 0.310 e. The van der Waals surface area contributed by atoms with E-state index in [9.17, 15) is 0 Å². The fraction of sp³-hybridized carbons (Fsp3) is 0.0357. The molecular formula is C56H42N2. The SMILES string of the molecule is Cc1cccc(-c2cccc(-c3cccc(C)c3)c2-n2c3ccccc3c3ccc(N(c4ccc(-c5ccccc5)cc4)c4ccc(-c5ccccc5)cc4)cc32)c1. The summed E-state index contributed by atoms with van der Waals surface area (Å²) in [5.74, 6) is 0. The van der Waals surface area contributed by atoms with E-state index in [-0.39, 0.29) is 0 Å². The van der Waals surface area contributed by atoms with Gasteiger partial charge in [0.1, 0.15) is 0 Å². The number of hydrogen-bond acceptors (Lipinski definition) is 1. The molecule has 0 saturated carbocycles. The highest BCUT2D eigenvalue weighted by molar-refractivity contribution is 6.11. The monoisotopic (exact) mass is 742 g/mol. The smallest absolute Gasteiger partial charge is 0.0618 e. The van der Waals surface area contributed by atoms with E-state index in [1.807, 2.05) is 0 Å². The molecule has 276 valence electrons. The van der Waals surface area contributed by atoms with Crippen molar-refractivity contribution >= 4 is 38.9 Å². The lowest BCUT2D eigenvalue weighted by atomic mass is 9.94. The van der Waals surface area contributed by atoms with Crippen molar-refractivity contribution in [1.29, 1.82) is 0 Å². The van der Waals surface area contributed by atoms with Gasteiger partial charge in [-0.15, -0.1) is 0 Å². The quantitative estimate of drug-likeness (QED) is 0.150. The second kappa shape index (κ2) is 14.9. The Labute approximate surface area is 340 Å². The predicted octanol–water partition coefficient (Wildman–Crippen LogP) is 15.5. The van der Waals surface area contributed by atoms with Crippen LogP contribution in [0.25, 0.3) is 72.0 Å². The molecule has 0 fully saturated rings. The summed E-state index contributed by atoms with van der Waals surface area (Å²) in [6.45, 7) is 4.35. The minimum atomic E-state index is 1.08. The van der Waals surface area contributed by atoms with E-state index in [4.69, 9.17) is 0 Å². The molecule has 1 heterocycles. The fourth-order valence-electron chi connectivity index (χ4n) is 8.53. The van der Waals surface area contributed by atoms with Gasteiger partial charge in [-0.1, -0.05) is 187 Å². The topological polar surface area (TPSA) is 8.17 Å². The molecule has 0 bridgehead atoms. The van der Waals surface area contributed by atoms with Crippen LogP contribution in [0.15, 0.2) is 218 Å². The summed E-state index contributed by atoms with van der Waals surface area (Å²) in [6, 6.07) is 79.5. The Balaban J connectivity index is 1.22. The Hall–Kier alpha value is -7.42. The molecule has 0 aliphatic carbocycles. The van der Waals surface area contributed by atoms with Crippen molar-refractivity contribution in [2.24, 2.45) is 0 Å². The lowest BCUT2D eigenvalue weighted by Crippen LogP contribution is -2.10. The highest BCUT2D eigenvalue weighted by Gasteiger charge is 2.22. The van der Waals surface area contributed by atoms with Crippen LogP contribution in [0.4, 0.5) is 17.1 Å². The third-order valence-electron chi connectivity index (χ3n) is 11.3. The number of anilines is 3. The van der Waals surface area contributed by atoms with Gasteiger partial charge in [0.15, 0.2) is 0 Å². The lowest BCUT2D eigenvalue weighted by molar-refractivity contribution is 1.18. The molecule has 9 aromatic carbocycles. The Morgan fingerprint density at radius 3 is 1.28 bits per heavy atom. The van der Waals surface area contributed by atoms with E-state index in [0.717, 1.165) is 22.6 Å². The highest BCUT2D eigenvalue weighted by atomic mass is 15.1. The van der Waals surface area contributed by atoms with Gasteiger partial charge < -0.3 is 9.47 Å². The van der Waals surface area contributed by atoms with E-state index in [2.05, 4.69) is 242 Å². The first-order valence-electron chi connectivity index (χ1n) is 20.0. The zero-order valence-corrected chi connectivity index (χ0v) is 32.7. The maximum atomic E-state index is 2.51. The molecule has 2 nitrogen and oxygen atoms in total. The molecule has 0 spiro atoms. The Kier molecular flexibility index (Phi) is 9.01. The second-order valence-corrected chi connectivity index (χ2v) is 15.2. The Morgan fingerprint density at radius 1 is 0.310 bits per heavy atom. The third kappa shape index (κ3) is 6.45. The van der Waals surface area contributed by atoms with E-state index in [0.29, 0.717) is 0 Å². The molecule has 0 radical (unpaired) electrons. The molecule has 0 amide bonds. The molecule has 10 rings (SSSR count). The van der Waals surface area contributed by atoms with Gasteiger partial charge in [-0.3, -0.25) is 0 Å². The molecule has 0 unspecified atom stereocenters. The van der Waals surface area contributed by atoms with E-state index in [1.165, 1.54) is 77.6 Å². The fourth-order valence-corrected chi connectivity index (χ4v) is 8.53. The van der Waals surface area contributed by atoms with Crippen LogP contribution in [0.3, 0.4) is 0 Å². The van der Waals surface area contributed by atoms with E-state index < -0.39 is 0 Å². The molecule has 1 aromatic heterocycles. The number of nitrogens with zero attached hydrogens (tertiary/aromatic N) is 2. The number of rotatable bonds is 8. The van der Waals surface area contributed by atoms with Gasteiger partial charge in [0, 0.05) is 39.0 Å². The van der Waals surface area contributed by atoms with Crippen molar-refractivity contribution in [3.63, 3.8) is 0 Å². The maximum Gasteiger partial charge on any atom is 0.0618 e. The Morgan fingerprint density at radius 2 is 0.741 bits per heavy atom. The molecule has 58 heavy (non-hydrogen) atoms. The highest BCUT2D eigenvalue weighted by Crippen LogP contribution is 2.44. The number of fused-ring (bicyclic) bond motifs is 3. The number of para-hydroxylation sites is 2. The molecule has 0 aliphatic rings. The number of hydrogen-bond donors (Lipinski definition) is 0. The standard InChI is InChI=1S/C56H42N2/c1-39-14-11-20-45(36-39)50-23-13-24-51(46-21-12-15-40(2)37-46)56(50)58-54-25-10-9-22-52(54)53-35-34-49(38-55(53)58)57(47-30-26-43(27-31-47)41-16-5-3-6-17-41)48-32-28-44(29-33-48)42-18-7-4-8-19-42/h3-38H,1-2H3. The van der Waals surface area contributed by atoms with Crippen molar-refractivity contribution in [1.82, 2.24) is 4.57 Å². The van der Waals surface area contributed by atoms with Crippen molar-refractivity contribution in [2.45, 2.75) is 13.8 Å². The van der Waals surface area contributed by atoms with Gasteiger partial charge in [0.05, 0.1) is 16.7 Å². The van der Waals surface area contributed by atoms with Gasteiger partial charge >= 0.3 is 0 Å². The van der Waals surface area contributed by atoms with Crippen LogP contribution in [-0.4, -0.2) is 4.57 Å². The van der Waals surface area contributed by atoms with Crippen LogP contribution in [0.1, 0.15) is 11.1 Å². The first-order chi connectivity index (χ1) is 28.6. The van der Waals surface area contributed by atoms with E-state index in [1.54, 1.807) is 0 Å². The lowest BCUT2D eigenvalue weighted by Gasteiger charge is -2.26. The van der Waals surface area contributed by atoms with Gasteiger partial charge in [0.25, 0.3) is 0 Å². The molecule has 2 heteroatoms. The average Bonchev–Trinajstić information content (AvgIpc) is 3.60. The first-order valence-corrected chi connectivity index (χ1v) is 20.0. The molecule has 10 aromatic rings. The summed E-state index contributed by atoms with van der Waals surface area (Å²) in [5, 5.41) is 2.44. The Bertz CT molecular complexity index is 2900. The normalized spacial score (nSPS) is 11.3. The minimum absolute atomic E-state index is 1.08. The van der Waals surface area contributed by atoms with Crippen LogP contribution in [-0.2, 0) is 0 Å². The molecule has 0 aliphatic heterocycles. The second-order valence-electron chi connectivity index (χ2n) is 15.2. The summed E-state index contributed by atoms with van der Waals surface area (Å²) in [7, 11) is 0. The van der Waals surface area contributed by atoms with E-state index >= 15 is 0 Å². The summed E-state index contributed by atoms with van der Waals surface area (Å²) >= 11 is 0. The average molecular weight is 743 g/mol. The van der Waals surface area contributed by atoms with Crippen LogP contribution in [0.2, 0.25) is 0 Å². The number of aryl methyl sites for hydroxylation is 2. The zero-order chi connectivity index (χ0) is 39.0. The minimum Gasteiger partial charge on any atom is -0.310 e. The molecule has 0 atom stereocenters. The van der Waals surface area contributed by atoms with Gasteiger partial charge in [0.2, 0.25) is 0 Å². The van der Waals surface area contributed by atoms with Crippen molar-refractivity contribution < 1.29 is 0 Å². The van der Waals surface area contributed by atoms with Crippen LogP contribution < -0.4 is 4.90 Å². The summed E-state index contributed by atoms with van der Waals surface area (Å²) in [5.41, 5.74) is 18.8. The van der Waals surface area contributed by atoms with Crippen molar-refractivity contribution in [3.8, 4) is 50.2 Å². The zero-order valence-electron chi connectivity index (χ0n) is 32.7. The molecule has 0 saturated heterocycles. The number of aromatic nitrogens is 1. The molecular weight excluding hydrogens is 701 g/mol. The van der Waals surface area contributed by atoms with Gasteiger partial charge in [-0.2, -0.15) is 0 Å².